The Labute approximate surface area is 182 Å². The lowest BCUT2D eigenvalue weighted by Crippen LogP contribution is -2.23. The number of nitrogens with zero attached hydrogens (tertiary/aromatic N) is 4. The molecule has 162 valence electrons. The van der Waals surface area contributed by atoms with E-state index in [1.165, 1.54) is 0 Å². The first-order valence-electron chi connectivity index (χ1n) is 10.2. The van der Waals surface area contributed by atoms with Gasteiger partial charge in [0.25, 0.3) is 0 Å². The van der Waals surface area contributed by atoms with Crippen molar-refractivity contribution >= 4 is 27.0 Å². The van der Waals surface area contributed by atoms with Gasteiger partial charge in [-0.25, -0.2) is 22.1 Å². The molecule has 0 unspecified atom stereocenters. The molecule has 4 aromatic rings. The van der Waals surface area contributed by atoms with Gasteiger partial charge in [0.2, 0.25) is 16.0 Å². The summed E-state index contributed by atoms with van der Waals surface area (Å²) in [5.74, 6) is -0.0344. The van der Waals surface area contributed by atoms with Crippen LogP contribution >= 0.6 is 0 Å². The zero-order chi connectivity index (χ0) is 22.6. The normalized spacial score (nSPS) is 12.7. The predicted octanol–water partition coefficient (Wildman–Crippen LogP) is 4.36. The lowest BCUT2D eigenvalue weighted by Gasteiger charge is -2.14. The van der Waals surface area contributed by atoms with Gasteiger partial charge in [0.15, 0.2) is 0 Å². The lowest BCUT2D eigenvalue weighted by atomic mass is 9.92. The quantitative estimate of drug-likeness (QED) is 0.512. The molecule has 0 atom stereocenters. The number of hydrogen-bond acceptors (Lipinski definition) is 5. The van der Waals surface area contributed by atoms with Gasteiger partial charge in [-0.05, 0) is 44.2 Å². The van der Waals surface area contributed by atoms with E-state index in [2.05, 4.69) is 31.8 Å². The number of nitrogens with two attached hydrogens (primary N) is 1. The first-order chi connectivity index (χ1) is 14.5. The monoisotopic (exact) mass is 437 g/mol. The van der Waals surface area contributed by atoms with Crippen molar-refractivity contribution in [3.05, 3.63) is 60.3 Å². The second kappa shape index (κ2) is 7.23. The van der Waals surface area contributed by atoms with Crippen LogP contribution in [0, 0.1) is 0 Å². The fourth-order valence-corrected chi connectivity index (χ4v) is 4.57. The minimum Gasteiger partial charge on any atom is -0.368 e. The molecule has 0 aliphatic carbocycles. The van der Waals surface area contributed by atoms with Crippen LogP contribution in [-0.2, 0) is 15.4 Å². The van der Waals surface area contributed by atoms with Crippen molar-refractivity contribution in [2.75, 3.05) is 5.73 Å². The average molecular weight is 438 g/mol. The SMILES string of the molecule is CC(C)S(=O)(=O)n1c(N)nc2ccc(-c3cc(C(C)(C)C)nn3-c3ccccc3)cc21. The summed E-state index contributed by atoms with van der Waals surface area (Å²) < 4.78 is 28.9. The summed E-state index contributed by atoms with van der Waals surface area (Å²) >= 11 is 0. The molecule has 31 heavy (non-hydrogen) atoms. The van der Waals surface area contributed by atoms with Crippen LogP contribution in [0.3, 0.4) is 0 Å². The minimum absolute atomic E-state index is 0.0344. The third-order valence-electron chi connectivity index (χ3n) is 5.26. The number of imidazole rings is 1. The second-order valence-electron chi connectivity index (χ2n) is 8.94. The maximum absolute atomic E-state index is 12.9. The number of nitrogen functional groups attached to an aromatic ring is 1. The summed E-state index contributed by atoms with van der Waals surface area (Å²) in [4.78, 5) is 4.26. The van der Waals surface area contributed by atoms with Crippen LogP contribution in [0.1, 0.15) is 40.3 Å². The molecular formula is C23H27N5O2S. The van der Waals surface area contributed by atoms with E-state index in [0.29, 0.717) is 11.0 Å². The molecule has 2 aromatic heterocycles. The van der Waals surface area contributed by atoms with Crippen LogP contribution in [0.5, 0.6) is 0 Å². The smallest absolute Gasteiger partial charge is 0.244 e. The molecule has 8 heteroatoms. The van der Waals surface area contributed by atoms with Gasteiger partial charge in [0.05, 0.1) is 33.4 Å². The van der Waals surface area contributed by atoms with Crippen molar-refractivity contribution in [2.45, 2.75) is 45.3 Å². The highest BCUT2D eigenvalue weighted by atomic mass is 32.2. The van der Waals surface area contributed by atoms with Gasteiger partial charge in [-0.1, -0.05) is 45.0 Å². The summed E-state index contributed by atoms with van der Waals surface area (Å²) in [6.07, 6.45) is 0. The van der Waals surface area contributed by atoms with E-state index in [0.717, 1.165) is 26.6 Å². The Morgan fingerprint density at radius 3 is 2.29 bits per heavy atom. The van der Waals surface area contributed by atoms with Crippen molar-refractivity contribution in [3.63, 3.8) is 0 Å². The highest BCUT2D eigenvalue weighted by Gasteiger charge is 2.26. The van der Waals surface area contributed by atoms with Gasteiger partial charge in [-0.3, -0.25) is 0 Å². The summed E-state index contributed by atoms with van der Waals surface area (Å²) in [7, 11) is -3.66. The van der Waals surface area contributed by atoms with Gasteiger partial charge in [-0.2, -0.15) is 5.10 Å². The molecule has 0 amide bonds. The van der Waals surface area contributed by atoms with Crippen LogP contribution in [0.25, 0.3) is 28.0 Å². The Kier molecular flexibility index (Phi) is 4.93. The van der Waals surface area contributed by atoms with Crippen molar-refractivity contribution in [1.29, 1.82) is 0 Å². The Morgan fingerprint density at radius 1 is 1.00 bits per heavy atom. The van der Waals surface area contributed by atoms with E-state index in [1.54, 1.807) is 19.9 Å². The maximum atomic E-state index is 12.9. The number of para-hydroxylation sites is 1. The summed E-state index contributed by atoms with van der Waals surface area (Å²) in [6.45, 7) is 9.60. The third kappa shape index (κ3) is 3.61. The first-order valence-corrected chi connectivity index (χ1v) is 11.7. The van der Waals surface area contributed by atoms with E-state index in [4.69, 9.17) is 10.8 Å². The standard InChI is InChI=1S/C23H27N5O2S/c1-15(2)31(29,30)28-20-13-16(11-12-18(20)25-22(28)24)19-14-21(23(3,4)5)26-27(19)17-9-7-6-8-10-17/h6-15H,1-5H3,(H2,24,25). The van der Waals surface area contributed by atoms with E-state index < -0.39 is 15.3 Å². The van der Waals surface area contributed by atoms with Gasteiger partial charge in [0, 0.05) is 11.0 Å². The number of anilines is 1. The Morgan fingerprint density at radius 2 is 1.68 bits per heavy atom. The van der Waals surface area contributed by atoms with Gasteiger partial charge >= 0.3 is 0 Å². The van der Waals surface area contributed by atoms with E-state index in [1.807, 2.05) is 47.1 Å². The van der Waals surface area contributed by atoms with Crippen molar-refractivity contribution in [1.82, 2.24) is 18.7 Å². The molecule has 0 bridgehead atoms. The highest BCUT2D eigenvalue weighted by Crippen LogP contribution is 2.32. The van der Waals surface area contributed by atoms with E-state index in [9.17, 15) is 8.42 Å². The van der Waals surface area contributed by atoms with Crippen molar-refractivity contribution in [2.24, 2.45) is 0 Å². The zero-order valence-corrected chi connectivity index (χ0v) is 19.2. The Balaban J connectivity index is 1.99. The largest absolute Gasteiger partial charge is 0.368 e. The molecule has 7 nitrogen and oxygen atoms in total. The van der Waals surface area contributed by atoms with Crippen molar-refractivity contribution < 1.29 is 8.42 Å². The molecule has 0 radical (unpaired) electrons. The molecule has 4 rings (SSSR count). The van der Waals surface area contributed by atoms with Crippen LogP contribution in [0.4, 0.5) is 5.95 Å². The molecule has 0 saturated heterocycles. The number of rotatable bonds is 4. The summed E-state index contributed by atoms with van der Waals surface area (Å²) in [6, 6.07) is 17.5. The first kappa shape index (κ1) is 21.1. The van der Waals surface area contributed by atoms with Gasteiger partial charge < -0.3 is 5.73 Å². The predicted molar refractivity (Wildman–Crippen MR) is 125 cm³/mol. The van der Waals surface area contributed by atoms with Crippen LogP contribution in [0.15, 0.2) is 54.6 Å². The number of hydrogen-bond donors (Lipinski definition) is 1. The Bertz CT molecular complexity index is 1360. The number of aromatic nitrogens is 4. The van der Waals surface area contributed by atoms with Crippen molar-refractivity contribution in [3.8, 4) is 16.9 Å². The molecule has 0 saturated carbocycles. The minimum atomic E-state index is -3.66. The van der Waals surface area contributed by atoms with Crippen LogP contribution < -0.4 is 5.73 Å². The summed E-state index contributed by atoms with van der Waals surface area (Å²) in [5.41, 5.74) is 10.4. The van der Waals surface area contributed by atoms with E-state index >= 15 is 0 Å². The molecule has 0 aliphatic heterocycles. The molecule has 2 N–H and O–H groups in total. The van der Waals surface area contributed by atoms with Gasteiger partial charge in [0.1, 0.15) is 0 Å². The average Bonchev–Trinajstić information content (AvgIpc) is 3.29. The molecule has 2 heterocycles. The molecule has 2 aromatic carbocycles. The molecule has 0 fully saturated rings. The number of benzene rings is 2. The summed E-state index contributed by atoms with van der Waals surface area (Å²) in [5, 5.41) is 4.24. The second-order valence-corrected chi connectivity index (χ2v) is 11.3. The van der Waals surface area contributed by atoms with Gasteiger partial charge in [-0.15, -0.1) is 0 Å². The number of fused-ring (bicyclic) bond motifs is 1. The Hall–Kier alpha value is -3.13. The van der Waals surface area contributed by atoms with E-state index in [-0.39, 0.29) is 11.4 Å². The fourth-order valence-electron chi connectivity index (χ4n) is 3.43. The third-order valence-corrected chi connectivity index (χ3v) is 7.35. The molecular weight excluding hydrogens is 410 g/mol. The van der Waals surface area contributed by atoms with Crippen LogP contribution in [0.2, 0.25) is 0 Å². The topological polar surface area (TPSA) is 95.8 Å². The fraction of sp³-hybridized carbons (Fsp3) is 0.304. The lowest BCUT2D eigenvalue weighted by molar-refractivity contribution is 0.560. The van der Waals surface area contributed by atoms with Crippen LogP contribution in [-0.4, -0.2) is 32.4 Å². The maximum Gasteiger partial charge on any atom is 0.244 e. The zero-order valence-electron chi connectivity index (χ0n) is 18.4. The molecule has 0 spiro atoms. The molecule has 0 aliphatic rings. The highest BCUT2D eigenvalue weighted by molar-refractivity contribution is 7.90.